The number of benzene rings is 2. The van der Waals surface area contributed by atoms with Gasteiger partial charge in [0.2, 0.25) is 10.0 Å². The average Bonchev–Trinajstić information content (AvgIpc) is 2.75. The number of sulfonamides is 1. The van der Waals surface area contributed by atoms with Crippen molar-refractivity contribution < 1.29 is 17.9 Å². The molecule has 0 fully saturated rings. The van der Waals surface area contributed by atoms with Crippen LogP contribution in [0.2, 0.25) is 0 Å². The Bertz CT molecular complexity index is 973. The van der Waals surface area contributed by atoms with Crippen LogP contribution in [0.4, 0.5) is 5.69 Å². The molecule has 30 heavy (non-hydrogen) atoms. The van der Waals surface area contributed by atoms with Gasteiger partial charge < -0.3 is 20.1 Å². The second-order valence-electron chi connectivity index (χ2n) is 6.88. The smallest absolute Gasteiger partial charge is 0.243 e. The molecule has 0 aliphatic carbocycles. The molecule has 0 aromatic heterocycles. The van der Waals surface area contributed by atoms with Gasteiger partial charge in [-0.25, -0.2) is 8.42 Å². The first kappa shape index (κ1) is 23.5. The summed E-state index contributed by atoms with van der Waals surface area (Å²) < 4.78 is 37.0. The Kier molecular flexibility index (Phi) is 8.08. The molecule has 9 heteroatoms. The first-order valence-corrected chi connectivity index (χ1v) is 10.9. The molecule has 0 amide bonds. The number of hydrogen-bond acceptors (Lipinski definition) is 5. The lowest BCUT2D eigenvalue weighted by Gasteiger charge is -2.21. The van der Waals surface area contributed by atoms with E-state index >= 15 is 0 Å². The highest BCUT2D eigenvalue weighted by Gasteiger charge is 2.22. The number of aliphatic imine (C=N–C) groups is 1. The third kappa shape index (κ3) is 5.64. The molecule has 0 aliphatic heterocycles. The molecule has 0 radical (unpaired) electrons. The predicted octanol–water partition coefficient (Wildman–Crippen LogP) is 2.92. The van der Waals surface area contributed by atoms with E-state index < -0.39 is 10.0 Å². The summed E-state index contributed by atoms with van der Waals surface area (Å²) in [4.78, 5) is 4.49. The van der Waals surface area contributed by atoms with Gasteiger partial charge in [-0.05, 0) is 43.7 Å². The van der Waals surface area contributed by atoms with E-state index in [2.05, 4.69) is 15.6 Å². The topological polar surface area (TPSA) is 92.3 Å². The Labute approximate surface area is 179 Å². The quantitative estimate of drug-likeness (QED) is 0.490. The maximum atomic E-state index is 12.6. The molecule has 164 valence electrons. The van der Waals surface area contributed by atoms with Crippen LogP contribution in [-0.2, 0) is 16.6 Å². The van der Waals surface area contributed by atoms with Crippen LogP contribution in [0, 0.1) is 0 Å². The monoisotopic (exact) mass is 434 g/mol. The van der Waals surface area contributed by atoms with Gasteiger partial charge in [-0.1, -0.05) is 12.1 Å². The molecule has 2 aromatic carbocycles. The molecule has 0 unspecified atom stereocenters. The number of anilines is 1. The first-order chi connectivity index (χ1) is 14.2. The molecule has 0 bridgehead atoms. The summed E-state index contributed by atoms with van der Waals surface area (Å²) in [6.07, 6.45) is 0. The zero-order valence-corrected chi connectivity index (χ0v) is 19.1. The summed E-state index contributed by atoms with van der Waals surface area (Å²) in [7, 11) is 2.93. The van der Waals surface area contributed by atoms with Gasteiger partial charge in [-0.2, -0.15) is 4.31 Å². The van der Waals surface area contributed by atoms with E-state index in [1.54, 1.807) is 52.6 Å². The lowest BCUT2D eigenvalue weighted by molar-refractivity contribution is 0.355. The number of nitrogens with one attached hydrogen (secondary N) is 2. The van der Waals surface area contributed by atoms with Crippen molar-refractivity contribution in [1.29, 1.82) is 0 Å². The van der Waals surface area contributed by atoms with Crippen molar-refractivity contribution in [2.24, 2.45) is 4.99 Å². The Morgan fingerprint density at radius 3 is 2.23 bits per heavy atom. The molecule has 8 nitrogen and oxygen atoms in total. The molecule has 0 saturated heterocycles. The Morgan fingerprint density at radius 2 is 1.70 bits per heavy atom. The Hall–Kier alpha value is -2.78. The zero-order valence-electron chi connectivity index (χ0n) is 18.3. The summed E-state index contributed by atoms with van der Waals surface area (Å²) in [5, 5.41) is 6.40. The fourth-order valence-electron chi connectivity index (χ4n) is 2.64. The van der Waals surface area contributed by atoms with Crippen molar-refractivity contribution >= 4 is 21.7 Å². The second kappa shape index (κ2) is 10.3. The van der Waals surface area contributed by atoms with Gasteiger partial charge in [-0.15, -0.1) is 0 Å². The van der Waals surface area contributed by atoms with Crippen LogP contribution >= 0.6 is 0 Å². The molecule has 0 atom stereocenters. The van der Waals surface area contributed by atoms with Gasteiger partial charge in [0, 0.05) is 38.4 Å². The highest BCUT2D eigenvalue weighted by atomic mass is 32.2. The van der Waals surface area contributed by atoms with Crippen molar-refractivity contribution in [2.45, 2.75) is 31.3 Å². The molecule has 2 rings (SSSR count). The van der Waals surface area contributed by atoms with Gasteiger partial charge in [0.1, 0.15) is 0 Å². The molecule has 0 saturated carbocycles. The van der Waals surface area contributed by atoms with E-state index in [1.165, 1.54) is 4.31 Å². The van der Waals surface area contributed by atoms with E-state index in [0.717, 1.165) is 11.3 Å². The van der Waals surface area contributed by atoms with Gasteiger partial charge in [0.05, 0.1) is 19.1 Å². The van der Waals surface area contributed by atoms with E-state index in [1.807, 2.05) is 32.0 Å². The Morgan fingerprint density at radius 1 is 1.07 bits per heavy atom. The molecule has 0 spiro atoms. The van der Waals surface area contributed by atoms with Crippen molar-refractivity contribution in [3.8, 4) is 11.5 Å². The largest absolute Gasteiger partial charge is 0.493 e. The van der Waals surface area contributed by atoms with Gasteiger partial charge >= 0.3 is 0 Å². The van der Waals surface area contributed by atoms with E-state index in [4.69, 9.17) is 9.47 Å². The van der Waals surface area contributed by atoms with Crippen LogP contribution < -0.4 is 20.1 Å². The van der Waals surface area contributed by atoms with Crippen molar-refractivity contribution in [3.05, 3.63) is 48.0 Å². The fraction of sp³-hybridized carbons (Fsp3) is 0.381. The molecular formula is C21H30N4O4S. The Balaban J connectivity index is 2.04. The predicted molar refractivity (Wildman–Crippen MR) is 120 cm³/mol. The highest BCUT2D eigenvalue weighted by molar-refractivity contribution is 7.89. The van der Waals surface area contributed by atoms with E-state index in [9.17, 15) is 8.42 Å². The summed E-state index contributed by atoms with van der Waals surface area (Å²) in [6.45, 7) is 4.16. The second-order valence-corrected chi connectivity index (χ2v) is 8.88. The number of methoxy groups -OCH3 is 2. The minimum absolute atomic E-state index is 0.109. The average molecular weight is 435 g/mol. The molecular weight excluding hydrogens is 404 g/mol. The zero-order chi connectivity index (χ0) is 22.3. The van der Waals surface area contributed by atoms with Crippen LogP contribution in [0.3, 0.4) is 0 Å². The van der Waals surface area contributed by atoms with Crippen LogP contribution in [0.5, 0.6) is 11.5 Å². The minimum atomic E-state index is -3.49. The normalized spacial score (nSPS) is 12.2. The molecule has 0 heterocycles. The van der Waals surface area contributed by atoms with Crippen molar-refractivity contribution in [3.63, 3.8) is 0 Å². The minimum Gasteiger partial charge on any atom is -0.493 e. The standard InChI is InChI=1S/C21H30N4O4S/c1-15(2)25(4)30(26,27)18-10-7-16(8-11-18)14-23-21(22-3)24-17-9-12-19(28-5)20(13-17)29-6/h7-13,15H,14H2,1-6H3,(H2,22,23,24). The van der Waals surface area contributed by atoms with Gasteiger partial charge in [-0.3, -0.25) is 4.99 Å². The van der Waals surface area contributed by atoms with Gasteiger partial charge in [0.25, 0.3) is 0 Å². The molecule has 2 N–H and O–H groups in total. The number of nitrogens with zero attached hydrogens (tertiary/aromatic N) is 2. The third-order valence-electron chi connectivity index (χ3n) is 4.66. The summed E-state index contributed by atoms with van der Waals surface area (Å²) >= 11 is 0. The fourth-order valence-corrected chi connectivity index (χ4v) is 4.01. The SMILES string of the molecule is CN=C(NCc1ccc(S(=O)(=O)N(C)C(C)C)cc1)Nc1ccc(OC)c(OC)c1. The van der Waals surface area contributed by atoms with Crippen molar-refractivity contribution in [2.75, 3.05) is 33.6 Å². The summed E-state index contributed by atoms with van der Waals surface area (Å²) in [5.74, 6) is 1.82. The highest BCUT2D eigenvalue weighted by Crippen LogP contribution is 2.29. The third-order valence-corrected chi connectivity index (χ3v) is 6.71. The van der Waals surface area contributed by atoms with E-state index in [0.29, 0.717) is 24.0 Å². The number of hydrogen-bond donors (Lipinski definition) is 2. The maximum absolute atomic E-state index is 12.6. The van der Waals surface area contributed by atoms with Crippen LogP contribution in [0.1, 0.15) is 19.4 Å². The number of guanidine groups is 1. The lowest BCUT2D eigenvalue weighted by atomic mass is 10.2. The van der Waals surface area contributed by atoms with Crippen LogP contribution in [-0.4, -0.2) is 53.0 Å². The lowest BCUT2D eigenvalue weighted by Crippen LogP contribution is -2.33. The first-order valence-electron chi connectivity index (χ1n) is 9.49. The summed E-state index contributed by atoms with van der Waals surface area (Å²) in [6, 6.07) is 12.2. The molecule has 2 aromatic rings. The number of rotatable bonds is 8. The summed E-state index contributed by atoms with van der Waals surface area (Å²) in [5.41, 5.74) is 1.72. The van der Waals surface area contributed by atoms with Crippen molar-refractivity contribution in [1.82, 2.24) is 9.62 Å². The molecule has 0 aliphatic rings. The number of ether oxygens (including phenoxy) is 2. The maximum Gasteiger partial charge on any atom is 0.243 e. The van der Waals surface area contributed by atoms with Crippen LogP contribution in [0.25, 0.3) is 0 Å². The van der Waals surface area contributed by atoms with Crippen LogP contribution in [0.15, 0.2) is 52.4 Å². The van der Waals surface area contributed by atoms with E-state index in [-0.39, 0.29) is 10.9 Å². The van der Waals surface area contributed by atoms with Gasteiger partial charge in [0.15, 0.2) is 17.5 Å².